The van der Waals surface area contributed by atoms with Gasteiger partial charge in [-0.15, -0.1) is 0 Å². The summed E-state index contributed by atoms with van der Waals surface area (Å²) in [5.41, 5.74) is 0.882. The van der Waals surface area contributed by atoms with Gasteiger partial charge in [-0.1, -0.05) is 38.8 Å². The van der Waals surface area contributed by atoms with E-state index in [2.05, 4.69) is 27.2 Å². The quantitative estimate of drug-likeness (QED) is 0.126. The molecular formula is C24H32F2N4O. The molecule has 1 aliphatic rings. The first-order valence-electron chi connectivity index (χ1n) is 10.8. The number of aromatic nitrogens is 1. The lowest BCUT2D eigenvalue weighted by Gasteiger charge is -2.16. The van der Waals surface area contributed by atoms with E-state index in [0.29, 0.717) is 36.1 Å². The van der Waals surface area contributed by atoms with Crippen LogP contribution in [0.4, 0.5) is 14.6 Å². The molecule has 0 unspecified atom stereocenters. The predicted molar refractivity (Wildman–Crippen MR) is 124 cm³/mol. The minimum Gasteiger partial charge on any atom is -0.506 e. The van der Waals surface area contributed by atoms with Crippen LogP contribution in [0.1, 0.15) is 57.6 Å². The van der Waals surface area contributed by atoms with Crippen molar-refractivity contribution >= 4 is 17.7 Å². The Hall–Kier alpha value is -2.96. The molecule has 7 heteroatoms. The molecule has 1 fully saturated rings. The standard InChI is InChI=1S/C24H32F2N4O/c1-3-19(25)15-20(26)9-8-14-28-24-13-7-12-22(30-24)18(2)23(31)16-27-17-29-21-10-5-4-6-11-21/h7,9,12-13,15-17,21,31H,2-6,8,10-11,14H2,1H3,(H,27,29)(H,28,30)/b19-15+,20-9+,23-16+. The van der Waals surface area contributed by atoms with E-state index in [1.54, 1.807) is 31.5 Å². The number of aliphatic hydroxyl groups is 1. The first kappa shape index (κ1) is 24.3. The van der Waals surface area contributed by atoms with Crippen molar-refractivity contribution in [2.45, 2.75) is 57.9 Å². The molecular weight excluding hydrogens is 398 g/mol. The highest BCUT2D eigenvalue weighted by molar-refractivity contribution is 5.74. The van der Waals surface area contributed by atoms with Gasteiger partial charge >= 0.3 is 0 Å². The molecule has 3 N–H and O–H groups in total. The van der Waals surface area contributed by atoms with Crippen LogP contribution in [0.15, 0.2) is 65.5 Å². The number of rotatable bonds is 11. The Morgan fingerprint density at radius 2 is 2.06 bits per heavy atom. The molecule has 0 aliphatic heterocycles. The van der Waals surface area contributed by atoms with Gasteiger partial charge in [-0.3, -0.25) is 4.99 Å². The van der Waals surface area contributed by atoms with E-state index in [1.807, 2.05) is 0 Å². The van der Waals surface area contributed by atoms with Gasteiger partial charge in [-0.25, -0.2) is 13.8 Å². The summed E-state index contributed by atoms with van der Waals surface area (Å²) in [5.74, 6) is -0.542. The normalized spacial score (nSPS) is 16.5. The van der Waals surface area contributed by atoms with Crippen LogP contribution < -0.4 is 10.6 Å². The summed E-state index contributed by atoms with van der Waals surface area (Å²) in [6, 6.07) is 5.65. The van der Waals surface area contributed by atoms with E-state index in [4.69, 9.17) is 0 Å². The van der Waals surface area contributed by atoms with Crippen molar-refractivity contribution in [1.82, 2.24) is 10.3 Å². The highest BCUT2D eigenvalue weighted by Crippen LogP contribution is 2.20. The van der Waals surface area contributed by atoms with Crippen LogP contribution in [-0.4, -0.2) is 29.0 Å². The lowest BCUT2D eigenvalue weighted by atomic mass is 9.96. The second-order valence-corrected chi connectivity index (χ2v) is 7.40. The molecule has 0 amide bonds. The number of hydrogen-bond donors (Lipinski definition) is 3. The van der Waals surface area contributed by atoms with Gasteiger partial charge in [-0.2, -0.15) is 0 Å². The Kier molecular flexibility index (Phi) is 10.5. The Bertz CT molecular complexity index is 840. The zero-order chi connectivity index (χ0) is 22.5. The molecule has 1 saturated carbocycles. The van der Waals surface area contributed by atoms with E-state index in [9.17, 15) is 13.9 Å². The Morgan fingerprint density at radius 3 is 2.81 bits per heavy atom. The molecule has 0 atom stereocenters. The van der Waals surface area contributed by atoms with E-state index in [-0.39, 0.29) is 12.2 Å². The van der Waals surface area contributed by atoms with Crippen molar-refractivity contribution in [3.8, 4) is 0 Å². The highest BCUT2D eigenvalue weighted by atomic mass is 19.1. The van der Waals surface area contributed by atoms with E-state index >= 15 is 0 Å². The van der Waals surface area contributed by atoms with Gasteiger partial charge in [0.1, 0.15) is 23.2 Å². The summed E-state index contributed by atoms with van der Waals surface area (Å²) in [7, 11) is 0. The third-order valence-electron chi connectivity index (χ3n) is 4.94. The number of nitrogens with zero attached hydrogens (tertiary/aromatic N) is 2. The maximum atomic E-state index is 13.5. The molecule has 2 rings (SSSR count). The number of anilines is 1. The molecule has 1 heterocycles. The van der Waals surface area contributed by atoms with Crippen molar-refractivity contribution < 1.29 is 13.9 Å². The number of pyridine rings is 1. The fourth-order valence-electron chi connectivity index (χ4n) is 3.14. The van der Waals surface area contributed by atoms with Crippen molar-refractivity contribution in [2.24, 2.45) is 4.99 Å². The van der Waals surface area contributed by atoms with Crippen molar-refractivity contribution in [1.29, 1.82) is 0 Å². The molecule has 31 heavy (non-hydrogen) atoms. The van der Waals surface area contributed by atoms with Gasteiger partial charge in [0.05, 0.1) is 18.1 Å². The van der Waals surface area contributed by atoms with E-state index in [1.165, 1.54) is 31.5 Å². The summed E-state index contributed by atoms with van der Waals surface area (Å²) in [5, 5.41) is 16.2. The van der Waals surface area contributed by atoms with Gasteiger partial charge in [0.15, 0.2) is 0 Å². The fourth-order valence-corrected chi connectivity index (χ4v) is 3.14. The van der Waals surface area contributed by atoms with Crippen molar-refractivity contribution in [3.05, 3.63) is 66.2 Å². The Balaban J connectivity index is 1.84. The number of nitrogens with one attached hydrogen (secondary N) is 2. The molecule has 0 spiro atoms. The molecule has 5 nitrogen and oxygen atoms in total. The number of allylic oxidation sites excluding steroid dienone is 4. The van der Waals surface area contributed by atoms with Crippen LogP contribution in [0.3, 0.4) is 0 Å². The van der Waals surface area contributed by atoms with Gasteiger partial charge < -0.3 is 15.7 Å². The number of aliphatic imine (C=N–C) groups is 1. The van der Waals surface area contributed by atoms with Gasteiger partial charge in [-0.05, 0) is 43.9 Å². The topological polar surface area (TPSA) is 69.5 Å². The zero-order valence-electron chi connectivity index (χ0n) is 18.1. The second-order valence-electron chi connectivity index (χ2n) is 7.40. The van der Waals surface area contributed by atoms with Gasteiger partial charge in [0.2, 0.25) is 0 Å². The van der Waals surface area contributed by atoms with Crippen LogP contribution >= 0.6 is 0 Å². The molecule has 1 aromatic rings. The minimum absolute atomic E-state index is 0.0329. The summed E-state index contributed by atoms with van der Waals surface area (Å²) in [6.45, 7) is 5.95. The Morgan fingerprint density at radius 1 is 1.29 bits per heavy atom. The van der Waals surface area contributed by atoms with Crippen LogP contribution in [0.25, 0.3) is 5.57 Å². The molecule has 0 radical (unpaired) electrons. The van der Waals surface area contributed by atoms with Gasteiger partial charge in [0, 0.05) is 24.4 Å². The molecule has 168 valence electrons. The summed E-state index contributed by atoms with van der Waals surface area (Å²) >= 11 is 0. The summed E-state index contributed by atoms with van der Waals surface area (Å²) in [6.07, 6.45) is 11.7. The Labute approximate surface area is 183 Å². The zero-order valence-corrected chi connectivity index (χ0v) is 18.1. The third-order valence-corrected chi connectivity index (χ3v) is 4.94. The smallest absolute Gasteiger partial charge is 0.140 e. The van der Waals surface area contributed by atoms with Gasteiger partial charge in [0.25, 0.3) is 0 Å². The maximum absolute atomic E-state index is 13.5. The van der Waals surface area contributed by atoms with Crippen LogP contribution in [0.2, 0.25) is 0 Å². The lowest BCUT2D eigenvalue weighted by Crippen LogP contribution is -2.13. The van der Waals surface area contributed by atoms with Crippen molar-refractivity contribution in [3.63, 3.8) is 0 Å². The maximum Gasteiger partial charge on any atom is 0.140 e. The first-order chi connectivity index (χ1) is 15.0. The van der Waals surface area contributed by atoms with Crippen LogP contribution in [0, 0.1) is 0 Å². The SMILES string of the molecule is C=C(/C(O)=C\NC=NC1CCCCC1)c1cccc(NCC/C=C(F)\C=C(\F)CC)n1. The third kappa shape index (κ3) is 9.15. The molecule has 0 bridgehead atoms. The first-order valence-corrected chi connectivity index (χ1v) is 10.8. The number of hydrogen-bond acceptors (Lipinski definition) is 4. The molecule has 0 aromatic carbocycles. The molecule has 1 aromatic heterocycles. The van der Waals surface area contributed by atoms with Crippen LogP contribution in [-0.2, 0) is 0 Å². The van der Waals surface area contributed by atoms with Crippen LogP contribution in [0.5, 0.6) is 0 Å². The minimum atomic E-state index is -0.592. The summed E-state index contributed by atoms with van der Waals surface area (Å²) < 4.78 is 26.5. The molecule has 1 aliphatic carbocycles. The van der Waals surface area contributed by atoms with Crippen molar-refractivity contribution in [2.75, 3.05) is 11.9 Å². The number of aliphatic hydroxyl groups excluding tert-OH is 1. The van der Waals surface area contributed by atoms with E-state index < -0.39 is 11.7 Å². The van der Waals surface area contributed by atoms with E-state index in [0.717, 1.165) is 18.9 Å². The average molecular weight is 431 g/mol. The number of halogens is 2. The summed E-state index contributed by atoms with van der Waals surface area (Å²) in [4.78, 5) is 8.89. The molecule has 0 saturated heterocycles. The highest BCUT2D eigenvalue weighted by Gasteiger charge is 2.10. The second kappa shape index (κ2) is 13.4. The largest absolute Gasteiger partial charge is 0.506 e. The lowest BCUT2D eigenvalue weighted by molar-refractivity contribution is 0.434. The average Bonchev–Trinajstić information content (AvgIpc) is 2.79. The predicted octanol–water partition coefficient (Wildman–Crippen LogP) is 6.36. The fraction of sp³-hybridized carbons (Fsp3) is 0.417. The monoisotopic (exact) mass is 430 g/mol.